The van der Waals surface area contributed by atoms with Crippen molar-refractivity contribution in [2.45, 2.75) is 51.4 Å². The quantitative estimate of drug-likeness (QED) is 0.422. The summed E-state index contributed by atoms with van der Waals surface area (Å²) in [6, 6.07) is 6.19. The lowest BCUT2D eigenvalue weighted by atomic mass is 9.93. The molecule has 2 N–H and O–H groups in total. The van der Waals surface area contributed by atoms with Crippen LogP contribution in [0, 0.1) is 12.8 Å². The minimum atomic E-state index is -4.39. The molecule has 2 aliphatic rings. The molecule has 208 valence electrons. The van der Waals surface area contributed by atoms with Crippen LogP contribution in [-0.4, -0.2) is 68.4 Å². The minimum Gasteiger partial charge on any atom is -0.355 e. The molecule has 0 unspecified atom stereocenters. The maximum absolute atomic E-state index is 13.1. The molecule has 0 saturated carbocycles. The van der Waals surface area contributed by atoms with Crippen molar-refractivity contribution in [3.8, 4) is 0 Å². The van der Waals surface area contributed by atoms with Gasteiger partial charge in [-0.25, -0.2) is 0 Å². The van der Waals surface area contributed by atoms with Gasteiger partial charge in [0, 0.05) is 44.0 Å². The molecule has 0 aliphatic carbocycles. The highest BCUT2D eigenvalue weighted by atomic mass is 32.1. The lowest BCUT2D eigenvalue weighted by Gasteiger charge is -2.31. The summed E-state index contributed by atoms with van der Waals surface area (Å²) < 4.78 is 39.4. The van der Waals surface area contributed by atoms with Crippen LogP contribution in [0.25, 0.3) is 0 Å². The molecule has 5 rings (SSSR count). The van der Waals surface area contributed by atoms with E-state index in [2.05, 4.69) is 45.8 Å². The molecule has 0 spiro atoms. The molecule has 0 bridgehead atoms. The second-order valence-corrected chi connectivity index (χ2v) is 11.0. The third-order valence-corrected chi connectivity index (χ3v) is 7.74. The third kappa shape index (κ3) is 7.38. The van der Waals surface area contributed by atoms with Crippen LogP contribution in [0.3, 0.4) is 0 Å². The Hall–Kier alpha value is -3.39. The highest BCUT2D eigenvalue weighted by Crippen LogP contribution is 2.31. The smallest absolute Gasteiger partial charge is 0.355 e. The lowest BCUT2D eigenvalue weighted by molar-refractivity contribution is -0.137. The first kappa shape index (κ1) is 27.2. The topological polar surface area (TPSA) is 112 Å². The number of carbonyl (C=O) groups is 1. The second-order valence-electron chi connectivity index (χ2n) is 10.0. The number of aromatic nitrogens is 5. The average Bonchev–Trinajstić information content (AvgIpc) is 3.54. The highest BCUT2D eigenvalue weighted by molar-refractivity contribution is 7.19. The molecular formula is C25H30F3N9OS. The fraction of sp³-hybridized carbons (Fsp3) is 0.520. The average molecular weight is 562 g/mol. The first-order chi connectivity index (χ1) is 18.7. The number of piperidine rings is 1. The molecule has 3 aromatic heterocycles. The second kappa shape index (κ2) is 11.8. The maximum atomic E-state index is 13.1. The van der Waals surface area contributed by atoms with E-state index in [4.69, 9.17) is 0 Å². The standard InChI is InChI=1S/C25H30F3N9OS/c1-16-11-18(25(26,27)28)13-20(30-16)14-36-8-4-17(5-9-36)12-22(38)32-24-35-34-23(39-24)31-19-6-10-37(15-19)21-3-2-7-29-33-21/h2-3,7,11,13,17,19H,4-6,8-10,12,14-15H2,1H3,(H,31,34)(H,32,35,38)/t19-/m1/s1. The van der Waals surface area contributed by atoms with E-state index in [1.807, 2.05) is 12.1 Å². The number of anilines is 3. The summed E-state index contributed by atoms with van der Waals surface area (Å²) in [6.45, 7) is 4.99. The number of alkyl halides is 3. The van der Waals surface area contributed by atoms with E-state index in [-0.39, 0.29) is 17.9 Å². The molecule has 5 heterocycles. The Morgan fingerprint density at radius 2 is 1.90 bits per heavy atom. The van der Waals surface area contributed by atoms with Crippen LogP contribution in [0.1, 0.15) is 42.6 Å². The van der Waals surface area contributed by atoms with Crippen molar-refractivity contribution in [3.05, 3.63) is 47.4 Å². The molecule has 2 aliphatic heterocycles. The first-order valence-electron chi connectivity index (χ1n) is 12.9. The van der Waals surface area contributed by atoms with E-state index in [0.29, 0.717) is 47.7 Å². The summed E-state index contributed by atoms with van der Waals surface area (Å²) >= 11 is 1.31. The molecule has 3 aromatic rings. The Morgan fingerprint density at radius 3 is 2.64 bits per heavy atom. The minimum absolute atomic E-state index is 0.110. The van der Waals surface area contributed by atoms with Gasteiger partial charge in [0.25, 0.3) is 0 Å². The Labute approximate surface area is 228 Å². The lowest BCUT2D eigenvalue weighted by Crippen LogP contribution is -2.34. The van der Waals surface area contributed by atoms with Gasteiger partial charge in [-0.3, -0.25) is 14.7 Å². The number of aryl methyl sites for hydroxylation is 1. The van der Waals surface area contributed by atoms with Crippen molar-refractivity contribution in [1.82, 2.24) is 30.3 Å². The third-order valence-electron chi connectivity index (χ3n) is 6.97. The molecule has 2 saturated heterocycles. The van der Waals surface area contributed by atoms with Crippen LogP contribution >= 0.6 is 11.3 Å². The number of rotatable bonds is 8. The number of halogens is 3. The molecule has 14 heteroatoms. The zero-order valence-electron chi connectivity index (χ0n) is 21.5. The molecule has 0 aromatic carbocycles. The fourth-order valence-electron chi connectivity index (χ4n) is 5.05. The Bertz CT molecular complexity index is 1270. The summed E-state index contributed by atoms with van der Waals surface area (Å²) in [5.41, 5.74) is 0.103. The van der Waals surface area contributed by atoms with Gasteiger partial charge in [0.1, 0.15) is 0 Å². The van der Waals surface area contributed by atoms with E-state index >= 15 is 0 Å². The largest absolute Gasteiger partial charge is 0.416 e. The number of amides is 1. The van der Waals surface area contributed by atoms with Gasteiger partial charge in [-0.15, -0.1) is 15.3 Å². The van der Waals surface area contributed by atoms with Crippen LogP contribution < -0.4 is 15.5 Å². The molecule has 39 heavy (non-hydrogen) atoms. The van der Waals surface area contributed by atoms with E-state index in [1.165, 1.54) is 11.3 Å². The number of carbonyl (C=O) groups excluding carboxylic acids is 1. The van der Waals surface area contributed by atoms with Gasteiger partial charge in [0.2, 0.25) is 16.2 Å². The normalized spacial score (nSPS) is 18.9. The van der Waals surface area contributed by atoms with Crippen molar-refractivity contribution < 1.29 is 18.0 Å². The van der Waals surface area contributed by atoms with Crippen molar-refractivity contribution in [3.63, 3.8) is 0 Å². The van der Waals surface area contributed by atoms with Gasteiger partial charge in [-0.05, 0) is 69.5 Å². The zero-order chi connectivity index (χ0) is 27.4. The number of hydrogen-bond acceptors (Lipinski definition) is 10. The van der Waals surface area contributed by atoms with Crippen LogP contribution in [0.4, 0.5) is 29.3 Å². The summed E-state index contributed by atoms with van der Waals surface area (Å²) in [5, 5.41) is 23.7. The van der Waals surface area contributed by atoms with Gasteiger partial charge in [0.15, 0.2) is 5.82 Å². The van der Waals surface area contributed by atoms with E-state index in [1.54, 1.807) is 13.1 Å². The van der Waals surface area contributed by atoms with Crippen molar-refractivity contribution in [2.75, 3.05) is 41.7 Å². The Balaban J connectivity index is 1.04. The number of nitrogens with one attached hydrogen (secondary N) is 2. The van der Waals surface area contributed by atoms with E-state index < -0.39 is 11.7 Å². The SMILES string of the molecule is Cc1cc(C(F)(F)F)cc(CN2CCC(CC(=O)Nc3nnc(N[C@@H]4CCN(c5cccnn5)C4)s3)CC2)n1. The predicted molar refractivity (Wildman–Crippen MR) is 141 cm³/mol. The van der Waals surface area contributed by atoms with Gasteiger partial charge >= 0.3 is 6.18 Å². The number of likely N-dealkylation sites (tertiary alicyclic amines) is 1. The van der Waals surface area contributed by atoms with Gasteiger partial charge < -0.3 is 15.5 Å². The van der Waals surface area contributed by atoms with Gasteiger partial charge in [0.05, 0.1) is 11.3 Å². The monoisotopic (exact) mass is 561 g/mol. The molecule has 10 nitrogen and oxygen atoms in total. The first-order valence-corrected chi connectivity index (χ1v) is 13.7. The van der Waals surface area contributed by atoms with E-state index in [0.717, 1.165) is 50.3 Å². The van der Waals surface area contributed by atoms with Crippen molar-refractivity contribution >= 4 is 33.3 Å². The molecule has 1 atom stereocenters. The fourth-order valence-corrected chi connectivity index (χ4v) is 5.78. The van der Waals surface area contributed by atoms with Crippen LogP contribution in [-0.2, 0) is 17.5 Å². The summed E-state index contributed by atoms with van der Waals surface area (Å²) in [4.78, 5) is 21.2. The van der Waals surface area contributed by atoms with Gasteiger partial charge in [-0.2, -0.15) is 18.3 Å². The summed E-state index contributed by atoms with van der Waals surface area (Å²) in [6.07, 6.45) is 0.143. The number of nitrogens with zero attached hydrogens (tertiary/aromatic N) is 7. The Morgan fingerprint density at radius 1 is 1.10 bits per heavy atom. The molecule has 0 radical (unpaired) electrons. The van der Waals surface area contributed by atoms with Crippen LogP contribution in [0.15, 0.2) is 30.5 Å². The molecule has 2 fully saturated rings. The van der Waals surface area contributed by atoms with E-state index in [9.17, 15) is 18.0 Å². The predicted octanol–water partition coefficient (Wildman–Crippen LogP) is 3.98. The summed E-state index contributed by atoms with van der Waals surface area (Å²) in [5.74, 6) is 0.940. The molecule has 1 amide bonds. The Kier molecular flexibility index (Phi) is 8.21. The zero-order valence-corrected chi connectivity index (χ0v) is 22.3. The molecular weight excluding hydrogens is 531 g/mol. The van der Waals surface area contributed by atoms with Crippen LogP contribution in [0.2, 0.25) is 0 Å². The highest BCUT2D eigenvalue weighted by Gasteiger charge is 2.32. The van der Waals surface area contributed by atoms with Gasteiger partial charge in [-0.1, -0.05) is 11.3 Å². The van der Waals surface area contributed by atoms with Crippen molar-refractivity contribution in [1.29, 1.82) is 0 Å². The van der Waals surface area contributed by atoms with Crippen molar-refractivity contribution in [2.24, 2.45) is 5.92 Å². The van der Waals surface area contributed by atoms with Crippen LogP contribution in [0.5, 0.6) is 0 Å². The number of hydrogen-bond donors (Lipinski definition) is 2. The summed E-state index contributed by atoms with van der Waals surface area (Å²) in [7, 11) is 0. The number of pyridine rings is 1. The maximum Gasteiger partial charge on any atom is 0.416 e.